The van der Waals surface area contributed by atoms with Gasteiger partial charge in [0.15, 0.2) is 0 Å². The smallest absolute Gasteiger partial charge is 0.0902 e. The summed E-state index contributed by atoms with van der Waals surface area (Å²) in [6.07, 6.45) is 0. The molecule has 0 saturated heterocycles. The molecule has 0 bridgehead atoms. The molecule has 11 rings (SSSR count). The minimum Gasteiger partial charge on any atom is -0.246 e. The number of aromatic nitrogens is 1. The number of benzene rings is 7. The van der Waals surface area contributed by atoms with E-state index in [1.807, 2.05) is 34.0 Å². The lowest BCUT2D eigenvalue weighted by Gasteiger charge is -2.15. The van der Waals surface area contributed by atoms with Crippen LogP contribution in [0.5, 0.6) is 0 Å². The van der Waals surface area contributed by atoms with Crippen LogP contribution in [0.2, 0.25) is 0 Å². The van der Waals surface area contributed by atoms with Crippen LogP contribution in [0.3, 0.4) is 0 Å². The maximum Gasteiger partial charge on any atom is 0.0902 e. The summed E-state index contributed by atoms with van der Waals surface area (Å²) in [5, 5.41) is 7.68. The molecule has 0 aliphatic carbocycles. The van der Waals surface area contributed by atoms with Crippen molar-refractivity contribution in [2.75, 3.05) is 0 Å². The summed E-state index contributed by atoms with van der Waals surface area (Å²) in [5.41, 5.74) is 9.61. The Kier molecular flexibility index (Phi) is 5.93. The highest BCUT2D eigenvalue weighted by atomic mass is 32.1. The fourth-order valence-corrected chi connectivity index (χ4v) is 11.4. The van der Waals surface area contributed by atoms with Gasteiger partial charge in [-0.25, -0.2) is 4.98 Å². The molecule has 0 atom stereocenters. The van der Waals surface area contributed by atoms with Gasteiger partial charge in [-0.2, -0.15) is 0 Å². The predicted molar refractivity (Wildman–Crippen MR) is 217 cm³/mol. The van der Waals surface area contributed by atoms with Crippen molar-refractivity contribution in [3.05, 3.63) is 152 Å². The molecule has 1 nitrogen and oxygen atoms in total. The molecule has 0 N–H and O–H groups in total. The molecule has 0 unspecified atom stereocenters. The molecule has 4 heteroatoms. The summed E-state index contributed by atoms with van der Waals surface area (Å²) in [6.45, 7) is 0. The molecular formula is C45H25NS3. The number of rotatable bonds is 3. The molecule has 0 aliphatic heterocycles. The normalized spacial score (nSPS) is 12.1. The number of hydrogen-bond acceptors (Lipinski definition) is 4. The Balaban J connectivity index is 1.28. The zero-order valence-corrected chi connectivity index (χ0v) is 28.6. The van der Waals surface area contributed by atoms with Crippen LogP contribution < -0.4 is 0 Å². The van der Waals surface area contributed by atoms with Gasteiger partial charge in [0.05, 0.1) is 15.7 Å². The lowest BCUT2D eigenvalue weighted by atomic mass is 9.91. The van der Waals surface area contributed by atoms with E-state index in [1.165, 1.54) is 93.9 Å². The van der Waals surface area contributed by atoms with E-state index < -0.39 is 0 Å². The third-order valence-electron chi connectivity index (χ3n) is 9.85. The lowest BCUT2D eigenvalue weighted by molar-refractivity contribution is 1.52. The number of nitrogens with zero attached hydrogens (tertiary/aromatic N) is 1. The maximum atomic E-state index is 5.26. The second kappa shape index (κ2) is 10.6. The highest BCUT2D eigenvalue weighted by Gasteiger charge is 2.20. The second-order valence-corrected chi connectivity index (χ2v) is 15.8. The van der Waals surface area contributed by atoms with E-state index in [9.17, 15) is 0 Å². The summed E-state index contributed by atoms with van der Waals surface area (Å²) < 4.78 is 7.81. The standard InChI is InChI=1S/C45H25NS3/c1-5-19-37-35(13-1)41(45-42(46-37)36-14-4-8-22-40(36)49-45)28-24-26(29-15-9-17-33-31-11-2-6-20-38(31)47-43(29)33)23-27(25-28)30-16-10-18-34-32-12-3-7-21-39(32)48-44(30)34/h1-25H. The molecular weight excluding hydrogens is 651 g/mol. The summed E-state index contributed by atoms with van der Waals surface area (Å²) in [6, 6.07) is 55.8. The molecule has 0 aliphatic rings. The average Bonchev–Trinajstić information content (AvgIpc) is 3.85. The molecule has 7 aromatic carbocycles. The molecule has 0 amide bonds. The first-order valence-corrected chi connectivity index (χ1v) is 18.9. The van der Waals surface area contributed by atoms with Crippen molar-refractivity contribution in [1.82, 2.24) is 4.98 Å². The van der Waals surface area contributed by atoms with Crippen molar-refractivity contribution in [1.29, 1.82) is 0 Å². The average molecular weight is 676 g/mol. The van der Waals surface area contributed by atoms with Crippen molar-refractivity contribution in [3.63, 3.8) is 0 Å². The van der Waals surface area contributed by atoms with Gasteiger partial charge in [-0.05, 0) is 70.3 Å². The first-order chi connectivity index (χ1) is 24.3. The Morgan fingerprint density at radius 2 is 0.796 bits per heavy atom. The van der Waals surface area contributed by atoms with E-state index in [-0.39, 0.29) is 0 Å². The molecule has 0 spiro atoms. The van der Waals surface area contributed by atoms with Crippen molar-refractivity contribution in [2.24, 2.45) is 0 Å². The third kappa shape index (κ3) is 4.12. The number of thiophene rings is 3. The zero-order chi connectivity index (χ0) is 32.1. The van der Waals surface area contributed by atoms with E-state index >= 15 is 0 Å². The molecule has 0 saturated carbocycles. The monoisotopic (exact) mass is 675 g/mol. The van der Waals surface area contributed by atoms with Crippen LogP contribution in [0.15, 0.2) is 152 Å². The second-order valence-electron chi connectivity index (χ2n) is 12.6. The van der Waals surface area contributed by atoms with Gasteiger partial charge in [-0.1, -0.05) is 109 Å². The van der Waals surface area contributed by atoms with E-state index in [0.717, 1.165) is 11.0 Å². The van der Waals surface area contributed by atoms with Gasteiger partial charge in [0, 0.05) is 61.4 Å². The summed E-state index contributed by atoms with van der Waals surface area (Å²) in [4.78, 5) is 5.26. The number of fused-ring (bicyclic) bond motifs is 10. The Hall–Kier alpha value is -5.39. The van der Waals surface area contributed by atoms with Crippen LogP contribution in [0.4, 0.5) is 0 Å². The van der Waals surface area contributed by atoms with Gasteiger partial charge in [-0.15, -0.1) is 34.0 Å². The van der Waals surface area contributed by atoms with Gasteiger partial charge in [0.2, 0.25) is 0 Å². The van der Waals surface area contributed by atoms with Gasteiger partial charge < -0.3 is 0 Å². The van der Waals surface area contributed by atoms with Crippen molar-refractivity contribution >= 4 is 106 Å². The van der Waals surface area contributed by atoms with E-state index in [2.05, 4.69) is 152 Å². The van der Waals surface area contributed by atoms with E-state index in [4.69, 9.17) is 4.98 Å². The molecule has 4 heterocycles. The first-order valence-electron chi connectivity index (χ1n) is 16.5. The minimum atomic E-state index is 1.03. The summed E-state index contributed by atoms with van der Waals surface area (Å²) in [5.74, 6) is 0. The van der Waals surface area contributed by atoms with Crippen LogP contribution in [-0.2, 0) is 0 Å². The first kappa shape index (κ1) is 27.5. The van der Waals surface area contributed by atoms with Crippen LogP contribution in [0.25, 0.3) is 105 Å². The largest absolute Gasteiger partial charge is 0.246 e. The Labute approximate surface area is 294 Å². The van der Waals surface area contributed by atoms with Gasteiger partial charge in [0.25, 0.3) is 0 Å². The topological polar surface area (TPSA) is 12.9 Å². The van der Waals surface area contributed by atoms with Crippen LogP contribution in [0, 0.1) is 0 Å². The molecule has 0 radical (unpaired) electrons. The lowest BCUT2D eigenvalue weighted by Crippen LogP contribution is -1.90. The van der Waals surface area contributed by atoms with Gasteiger partial charge in [0.1, 0.15) is 0 Å². The van der Waals surface area contributed by atoms with E-state index in [1.54, 1.807) is 0 Å². The van der Waals surface area contributed by atoms with Gasteiger partial charge >= 0.3 is 0 Å². The summed E-state index contributed by atoms with van der Waals surface area (Å²) >= 11 is 5.64. The maximum absolute atomic E-state index is 5.26. The molecule has 4 aromatic heterocycles. The Morgan fingerprint density at radius 3 is 1.41 bits per heavy atom. The number of para-hydroxylation sites is 1. The third-order valence-corrected chi connectivity index (χ3v) is 13.5. The minimum absolute atomic E-state index is 1.03. The Bertz CT molecular complexity index is 2990. The number of pyridine rings is 1. The number of hydrogen-bond donors (Lipinski definition) is 0. The highest BCUT2D eigenvalue weighted by Crippen LogP contribution is 2.48. The molecule has 228 valence electrons. The van der Waals surface area contributed by atoms with Crippen molar-refractivity contribution in [2.45, 2.75) is 0 Å². The van der Waals surface area contributed by atoms with Crippen LogP contribution in [-0.4, -0.2) is 4.98 Å². The van der Waals surface area contributed by atoms with E-state index in [0.29, 0.717) is 0 Å². The molecule has 0 fully saturated rings. The zero-order valence-electron chi connectivity index (χ0n) is 26.1. The Morgan fingerprint density at radius 1 is 0.347 bits per heavy atom. The van der Waals surface area contributed by atoms with Gasteiger partial charge in [-0.3, -0.25) is 0 Å². The van der Waals surface area contributed by atoms with Crippen molar-refractivity contribution in [3.8, 4) is 33.4 Å². The SMILES string of the molecule is c1ccc2c(-c3cc(-c4cccc5c4sc4ccccc45)cc(-c4cccc5c4sc4ccccc45)c3)c3sc4ccccc4c3nc2c1. The quantitative estimate of drug-likeness (QED) is 0.182. The van der Waals surface area contributed by atoms with Crippen LogP contribution in [0.1, 0.15) is 0 Å². The highest BCUT2D eigenvalue weighted by molar-refractivity contribution is 7.27. The van der Waals surface area contributed by atoms with Crippen LogP contribution >= 0.6 is 34.0 Å². The predicted octanol–water partition coefficient (Wildman–Crippen LogP) is 14.3. The fourth-order valence-electron chi connectivity index (χ4n) is 7.66. The summed E-state index contributed by atoms with van der Waals surface area (Å²) in [7, 11) is 0. The van der Waals surface area contributed by atoms with Crippen molar-refractivity contribution < 1.29 is 0 Å². The fraction of sp³-hybridized carbons (Fsp3) is 0. The molecule has 11 aromatic rings. The molecule has 49 heavy (non-hydrogen) atoms.